The molecule has 1 atom stereocenters. The lowest BCUT2D eigenvalue weighted by molar-refractivity contribution is -0.139. The van der Waals surface area contributed by atoms with Gasteiger partial charge in [0.15, 0.2) is 0 Å². The molecule has 0 aliphatic carbocycles. The molecule has 0 aromatic heterocycles. The summed E-state index contributed by atoms with van der Waals surface area (Å²) in [6, 6.07) is 6.18. The summed E-state index contributed by atoms with van der Waals surface area (Å²) in [4.78, 5) is 24.3. The maximum Gasteiger partial charge on any atom is 0.327 e. The Bertz CT molecular complexity index is 534. The Kier molecular flexibility index (Phi) is 5.60. The molecule has 2 amide bonds. The first-order valence-corrected chi connectivity index (χ1v) is 6.18. The van der Waals surface area contributed by atoms with Crippen molar-refractivity contribution < 1.29 is 14.7 Å². The van der Waals surface area contributed by atoms with Crippen LogP contribution in [0.5, 0.6) is 0 Å². The number of nitrogens with one attached hydrogen (secondary N) is 1. The van der Waals surface area contributed by atoms with Crippen LogP contribution in [0.15, 0.2) is 24.3 Å². The molecule has 1 unspecified atom stereocenters. The summed E-state index contributed by atoms with van der Waals surface area (Å²) in [5.74, 6) is 1.10. The highest BCUT2D eigenvalue weighted by Gasteiger charge is 2.20. The Balaban J connectivity index is 2.66. The van der Waals surface area contributed by atoms with E-state index < -0.39 is 18.0 Å². The number of carboxylic acid groups (broad SMARTS) is 1. The van der Waals surface area contributed by atoms with Gasteiger partial charge in [0.25, 0.3) is 0 Å². The fraction of sp³-hybridized carbons (Fsp3) is 0.333. The molecule has 0 aliphatic heterocycles. The van der Waals surface area contributed by atoms with E-state index in [1.165, 1.54) is 4.90 Å². The average Bonchev–Trinajstić information content (AvgIpc) is 2.40. The summed E-state index contributed by atoms with van der Waals surface area (Å²) in [5.41, 5.74) is 2.08. The molecule has 1 aromatic rings. The van der Waals surface area contributed by atoms with Crippen LogP contribution in [0.3, 0.4) is 0 Å². The van der Waals surface area contributed by atoms with E-state index in [0.29, 0.717) is 6.54 Å². The molecule has 0 fully saturated rings. The van der Waals surface area contributed by atoms with Gasteiger partial charge in [0.1, 0.15) is 6.04 Å². The van der Waals surface area contributed by atoms with Gasteiger partial charge in [-0.15, -0.1) is 12.3 Å². The monoisotopic (exact) mass is 274 g/mol. The van der Waals surface area contributed by atoms with Crippen molar-refractivity contribution in [2.45, 2.75) is 25.9 Å². The molecule has 5 nitrogen and oxygen atoms in total. The van der Waals surface area contributed by atoms with Crippen LogP contribution in [0, 0.1) is 19.3 Å². The molecule has 5 heteroatoms. The minimum absolute atomic E-state index is 0.0424. The smallest absolute Gasteiger partial charge is 0.327 e. The Labute approximate surface area is 118 Å². The molecule has 1 aromatic carbocycles. The lowest BCUT2D eigenvalue weighted by Crippen LogP contribution is -2.46. The van der Waals surface area contributed by atoms with Crippen molar-refractivity contribution in [3.05, 3.63) is 35.4 Å². The van der Waals surface area contributed by atoms with E-state index in [-0.39, 0.29) is 6.42 Å². The summed E-state index contributed by atoms with van der Waals surface area (Å²) in [7, 11) is 1.61. The number of nitrogens with zero attached hydrogens (tertiary/aromatic N) is 1. The van der Waals surface area contributed by atoms with E-state index in [2.05, 4.69) is 11.2 Å². The van der Waals surface area contributed by atoms with Crippen molar-refractivity contribution in [2.24, 2.45) is 0 Å². The van der Waals surface area contributed by atoms with Crippen LogP contribution in [-0.4, -0.2) is 35.1 Å². The summed E-state index contributed by atoms with van der Waals surface area (Å²) in [5, 5.41) is 11.3. The fourth-order valence-corrected chi connectivity index (χ4v) is 1.69. The van der Waals surface area contributed by atoms with E-state index >= 15 is 0 Å². The van der Waals surface area contributed by atoms with Crippen molar-refractivity contribution in [1.29, 1.82) is 0 Å². The van der Waals surface area contributed by atoms with Crippen LogP contribution in [-0.2, 0) is 11.3 Å². The zero-order valence-corrected chi connectivity index (χ0v) is 11.6. The number of carboxylic acids is 1. The number of aryl methyl sites for hydroxylation is 1. The van der Waals surface area contributed by atoms with Gasteiger partial charge in [0, 0.05) is 20.0 Å². The first kappa shape index (κ1) is 15.6. The molecular weight excluding hydrogens is 256 g/mol. The van der Waals surface area contributed by atoms with Crippen LogP contribution < -0.4 is 5.32 Å². The van der Waals surface area contributed by atoms with Gasteiger partial charge in [0.05, 0.1) is 0 Å². The lowest BCUT2D eigenvalue weighted by atomic mass is 10.1. The van der Waals surface area contributed by atoms with Crippen molar-refractivity contribution in [2.75, 3.05) is 7.05 Å². The number of carbonyl (C=O) groups is 2. The first-order chi connectivity index (χ1) is 9.45. The molecule has 1 rings (SSSR count). The van der Waals surface area contributed by atoms with Gasteiger partial charge in [-0.2, -0.15) is 0 Å². The quantitative estimate of drug-likeness (QED) is 0.801. The van der Waals surface area contributed by atoms with Crippen molar-refractivity contribution in [3.63, 3.8) is 0 Å². The van der Waals surface area contributed by atoms with Crippen LogP contribution >= 0.6 is 0 Å². The molecular formula is C15H18N2O3. The van der Waals surface area contributed by atoms with Gasteiger partial charge < -0.3 is 15.3 Å². The minimum atomic E-state index is -1.14. The second-order valence-electron chi connectivity index (χ2n) is 4.53. The molecule has 0 spiro atoms. The lowest BCUT2D eigenvalue weighted by Gasteiger charge is -2.21. The first-order valence-electron chi connectivity index (χ1n) is 6.18. The second kappa shape index (κ2) is 7.19. The standard InChI is InChI=1S/C15H18N2O3/c1-4-7-13(14(18)19)16-15(20)17(3)10-12-9-6-5-8-11(12)2/h1,5-6,8-9,13H,7,10H2,2-3H3,(H,16,20)(H,18,19). The largest absolute Gasteiger partial charge is 0.480 e. The summed E-state index contributed by atoms with van der Waals surface area (Å²) in [6.45, 7) is 2.36. The molecule has 0 saturated carbocycles. The zero-order valence-electron chi connectivity index (χ0n) is 11.6. The molecule has 106 valence electrons. The maximum absolute atomic E-state index is 11.9. The van der Waals surface area contributed by atoms with E-state index in [0.717, 1.165) is 11.1 Å². The SMILES string of the molecule is C#CCC(NC(=O)N(C)Cc1ccccc1C)C(=O)O. The molecule has 0 saturated heterocycles. The van der Waals surface area contributed by atoms with E-state index in [1.807, 2.05) is 31.2 Å². The highest BCUT2D eigenvalue weighted by atomic mass is 16.4. The van der Waals surface area contributed by atoms with Crippen molar-refractivity contribution >= 4 is 12.0 Å². The third-order valence-electron chi connectivity index (χ3n) is 2.93. The summed E-state index contributed by atoms with van der Waals surface area (Å²) >= 11 is 0. The predicted molar refractivity (Wildman–Crippen MR) is 76.1 cm³/mol. The molecule has 2 N–H and O–H groups in total. The predicted octanol–water partition coefficient (Wildman–Crippen LogP) is 1.61. The number of aliphatic carboxylic acids is 1. The molecule has 0 bridgehead atoms. The number of urea groups is 1. The number of hydrogen-bond donors (Lipinski definition) is 2. The summed E-state index contributed by atoms with van der Waals surface area (Å²) in [6.07, 6.45) is 5.04. The van der Waals surface area contributed by atoms with Crippen LogP contribution in [0.4, 0.5) is 4.79 Å². The average molecular weight is 274 g/mol. The number of terminal acetylenes is 1. The van der Waals surface area contributed by atoms with Gasteiger partial charge in [-0.05, 0) is 18.1 Å². The highest BCUT2D eigenvalue weighted by molar-refractivity contribution is 5.82. The zero-order chi connectivity index (χ0) is 15.1. The molecule has 0 heterocycles. The Hall–Kier alpha value is -2.48. The van der Waals surface area contributed by atoms with Gasteiger partial charge in [0.2, 0.25) is 0 Å². The highest BCUT2D eigenvalue weighted by Crippen LogP contribution is 2.09. The topological polar surface area (TPSA) is 69.6 Å². The van der Waals surface area contributed by atoms with E-state index in [1.54, 1.807) is 7.05 Å². The molecule has 0 radical (unpaired) electrons. The Morgan fingerprint density at radius 1 is 1.45 bits per heavy atom. The van der Waals surface area contributed by atoms with Crippen LogP contribution in [0.1, 0.15) is 17.5 Å². The maximum atomic E-state index is 11.9. The van der Waals surface area contributed by atoms with Gasteiger partial charge in [-0.25, -0.2) is 9.59 Å². The molecule has 0 aliphatic rings. The summed E-state index contributed by atoms with van der Waals surface area (Å²) < 4.78 is 0. The van der Waals surface area contributed by atoms with Crippen molar-refractivity contribution in [1.82, 2.24) is 10.2 Å². The van der Waals surface area contributed by atoms with E-state index in [9.17, 15) is 9.59 Å². The normalized spacial score (nSPS) is 11.2. The Morgan fingerprint density at radius 3 is 2.65 bits per heavy atom. The van der Waals surface area contributed by atoms with Crippen LogP contribution in [0.25, 0.3) is 0 Å². The van der Waals surface area contributed by atoms with Crippen molar-refractivity contribution in [3.8, 4) is 12.3 Å². The van der Waals surface area contributed by atoms with Gasteiger partial charge in [-0.1, -0.05) is 24.3 Å². The number of benzene rings is 1. The van der Waals surface area contributed by atoms with Gasteiger partial charge >= 0.3 is 12.0 Å². The molecule has 20 heavy (non-hydrogen) atoms. The third-order valence-corrected chi connectivity index (χ3v) is 2.93. The number of carbonyl (C=O) groups excluding carboxylic acids is 1. The van der Waals surface area contributed by atoms with Crippen LogP contribution in [0.2, 0.25) is 0 Å². The van der Waals surface area contributed by atoms with Gasteiger partial charge in [-0.3, -0.25) is 0 Å². The second-order valence-corrected chi connectivity index (χ2v) is 4.53. The fourth-order valence-electron chi connectivity index (χ4n) is 1.69. The number of amides is 2. The number of rotatable bonds is 5. The third kappa shape index (κ3) is 4.32. The number of hydrogen-bond acceptors (Lipinski definition) is 2. The Morgan fingerprint density at radius 2 is 2.10 bits per heavy atom. The minimum Gasteiger partial charge on any atom is -0.480 e. The van der Waals surface area contributed by atoms with E-state index in [4.69, 9.17) is 11.5 Å².